The van der Waals surface area contributed by atoms with Crippen LogP contribution in [0.3, 0.4) is 0 Å². The van der Waals surface area contributed by atoms with E-state index in [-0.39, 0.29) is 0 Å². The van der Waals surface area contributed by atoms with Crippen LogP contribution < -0.4 is 0 Å². The molecule has 0 saturated carbocycles. The Hall–Kier alpha value is -5.45. The third-order valence-electron chi connectivity index (χ3n) is 8.28. The fourth-order valence-electron chi connectivity index (χ4n) is 6.14. The van der Waals surface area contributed by atoms with Crippen LogP contribution in [0.15, 0.2) is 140 Å². The first-order valence-corrected chi connectivity index (χ1v) is 15.2. The van der Waals surface area contributed by atoms with Gasteiger partial charge >= 0.3 is 0 Å². The zero-order valence-corrected chi connectivity index (χ0v) is 23.8. The van der Waals surface area contributed by atoms with E-state index in [1.807, 2.05) is 41.7 Å². The van der Waals surface area contributed by atoms with Gasteiger partial charge in [-0.05, 0) is 51.2 Å². The second-order valence-corrected chi connectivity index (χ2v) is 11.9. The first kappa shape index (κ1) is 24.2. The molecule has 0 aliphatic carbocycles. The Labute approximate surface area is 251 Å². The predicted molar refractivity (Wildman–Crippen MR) is 182 cm³/mol. The van der Waals surface area contributed by atoms with E-state index in [2.05, 4.69) is 109 Å². The largest absolute Gasteiger partial charge is 0.208 e. The molecular formula is C39H23N3S. The van der Waals surface area contributed by atoms with Crippen LogP contribution in [0.2, 0.25) is 0 Å². The molecule has 0 bridgehead atoms. The molecule has 0 fully saturated rings. The number of thiophene rings is 1. The van der Waals surface area contributed by atoms with Crippen molar-refractivity contribution < 1.29 is 0 Å². The van der Waals surface area contributed by atoms with Gasteiger partial charge in [-0.3, -0.25) is 0 Å². The second-order valence-electron chi connectivity index (χ2n) is 10.9. The van der Waals surface area contributed by atoms with Gasteiger partial charge in [0.1, 0.15) is 0 Å². The van der Waals surface area contributed by atoms with Crippen molar-refractivity contribution in [3.8, 4) is 34.2 Å². The Kier molecular flexibility index (Phi) is 5.37. The number of hydrogen-bond acceptors (Lipinski definition) is 4. The molecule has 4 heteroatoms. The van der Waals surface area contributed by atoms with Crippen LogP contribution in [0.4, 0.5) is 0 Å². The fraction of sp³-hybridized carbons (Fsp3) is 0. The first-order valence-electron chi connectivity index (χ1n) is 14.4. The van der Waals surface area contributed by atoms with Crippen LogP contribution in [0.1, 0.15) is 0 Å². The summed E-state index contributed by atoms with van der Waals surface area (Å²) in [6.45, 7) is 0. The lowest BCUT2D eigenvalue weighted by molar-refractivity contribution is 1.08. The quantitative estimate of drug-likeness (QED) is 0.200. The summed E-state index contributed by atoms with van der Waals surface area (Å²) < 4.78 is 2.57. The number of hydrogen-bond donors (Lipinski definition) is 0. The minimum atomic E-state index is 0.668. The summed E-state index contributed by atoms with van der Waals surface area (Å²) >= 11 is 1.86. The summed E-state index contributed by atoms with van der Waals surface area (Å²) in [7, 11) is 0. The summed E-state index contributed by atoms with van der Waals surface area (Å²) in [5.74, 6) is 2.01. The molecule has 0 atom stereocenters. The highest BCUT2D eigenvalue weighted by Gasteiger charge is 2.16. The maximum absolute atomic E-state index is 5.05. The molecule has 0 aliphatic heterocycles. The Balaban J connectivity index is 1.26. The Morgan fingerprint density at radius 1 is 0.372 bits per heavy atom. The average molecular weight is 566 g/mol. The summed E-state index contributed by atoms with van der Waals surface area (Å²) in [5, 5.41) is 9.99. The third-order valence-corrected chi connectivity index (χ3v) is 9.48. The smallest absolute Gasteiger partial charge is 0.164 e. The maximum Gasteiger partial charge on any atom is 0.164 e. The van der Waals surface area contributed by atoms with Crippen LogP contribution in [0, 0.1) is 0 Å². The lowest BCUT2D eigenvalue weighted by Crippen LogP contribution is -2.00. The molecule has 9 rings (SSSR count). The first-order chi connectivity index (χ1) is 21.3. The number of benzene rings is 7. The van der Waals surface area contributed by atoms with Gasteiger partial charge in [0.15, 0.2) is 17.5 Å². The van der Waals surface area contributed by atoms with Crippen LogP contribution in [0.25, 0.3) is 86.7 Å². The molecular weight excluding hydrogens is 543 g/mol. The van der Waals surface area contributed by atoms with Crippen molar-refractivity contribution in [2.24, 2.45) is 0 Å². The van der Waals surface area contributed by atoms with E-state index in [0.717, 1.165) is 22.1 Å². The summed E-state index contributed by atoms with van der Waals surface area (Å²) in [6, 6.07) is 49.1. The van der Waals surface area contributed by atoms with Gasteiger partial charge in [-0.1, -0.05) is 115 Å². The van der Waals surface area contributed by atoms with Crippen molar-refractivity contribution in [3.05, 3.63) is 140 Å². The standard InChI is InChI=1S/C39H23N3S/c1-2-10-27(11-3-1)37-40-38(29-17-14-24-8-4-5-12-28(24)22-29)42-39(41-37)30-19-21-34-33(23-30)32-20-18-26-16-15-25-9-6-7-13-31(25)35(26)36(32)43-34/h1-23H. The molecule has 0 unspecified atom stereocenters. The molecule has 0 saturated heterocycles. The minimum Gasteiger partial charge on any atom is -0.208 e. The SMILES string of the molecule is c1ccc(-c2nc(-c3ccc4ccccc4c3)nc(-c3ccc4sc5c(ccc6ccc7ccccc7c65)c4c3)n2)cc1. The molecule has 9 aromatic rings. The van der Waals surface area contributed by atoms with Crippen LogP contribution in [-0.4, -0.2) is 15.0 Å². The zero-order chi connectivity index (χ0) is 28.3. The monoisotopic (exact) mass is 565 g/mol. The van der Waals surface area contributed by atoms with E-state index in [0.29, 0.717) is 17.5 Å². The molecule has 0 aliphatic rings. The van der Waals surface area contributed by atoms with Gasteiger partial charge in [0, 0.05) is 42.2 Å². The van der Waals surface area contributed by atoms with E-state index in [1.54, 1.807) is 0 Å². The lowest BCUT2D eigenvalue weighted by atomic mass is 9.99. The Bertz CT molecular complexity index is 2510. The van der Waals surface area contributed by atoms with E-state index in [4.69, 9.17) is 15.0 Å². The van der Waals surface area contributed by atoms with Crippen LogP contribution in [0.5, 0.6) is 0 Å². The number of nitrogens with zero attached hydrogens (tertiary/aromatic N) is 3. The summed E-state index contributed by atoms with van der Waals surface area (Å²) in [5.41, 5.74) is 2.92. The number of rotatable bonds is 3. The van der Waals surface area contributed by atoms with Crippen molar-refractivity contribution in [3.63, 3.8) is 0 Å². The van der Waals surface area contributed by atoms with Gasteiger partial charge in [-0.25, -0.2) is 15.0 Å². The van der Waals surface area contributed by atoms with Crippen molar-refractivity contribution in [1.82, 2.24) is 15.0 Å². The molecule has 0 N–H and O–H groups in total. The van der Waals surface area contributed by atoms with E-state index < -0.39 is 0 Å². The predicted octanol–water partition coefficient (Wildman–Crippen LogP) is 10.7. The second kappa shape index (κ2) is 9.55. The van der Waals surface area contributed by atoms with Crippen LogP contribution in [-0.2, 0) is 0 Å². The van der Waals surface area contributed by atoms with Crippen molar-refractivity contribution in [1.29, 1.82) is 0 Å². The molecule has 2 aromatic heterocycles. The van der Waals surface area contributed by atoms with Crippen molar-refractivity contribution in [2.75, 3.05) is 0 Å². The molecule has 43 heavy (non-hydrogen) atoms. The minimum absolute atomic E-state index is 0.668. The highest BCUT2D eigenvalue weighted by molar-refractivity contribution is 7.26. The lowest BCUT2D eigenvalue weighted by Gasteiger charge is -2.09. The van der Waals surface area contributed by atoms with Crippen LogP contribution >= 0.6 is 11.3 Å². The van der Waals surface area contributed by atoms with E-state index >= 15 is 0 Å². The summed E-state index contributed by atoms with van der Waals surface area (Å²) in [6.07, 6.45) is 0. The topological polar surface area (TPSA) is 38.7 Å². The molecule has 0 amide bonds. The molecule has 0 spiro atoms. The Morgan fingerprint density at radius 2 is 0.977 bits per heavy atom. The van der Waals surface area contributed by atoms with Gasteiger partial charge in [0.2, 0.25) is 0 Å². The zero-order valence-electron chi connectivity index (χ0n) is 23.0. The van der Waals surface area contributed by atoms with Gasteiger partial charge in [-0.15, -0.1) is 11.3 Å². The molecule has 2 heterocycles. The average Bonchev–Trinajstić information content (AvgIpc) is 3.46. The highest BCUT2D eigenvalue weighted by Crippen LogP contribution is 2.42. The normalized spacial score (nSPS) is 11.7. The molecule has 7 aromatic carbocycles. The fourth-order valence-corrected chi connectivity index (χ4v) is 7.39. The Morgan fingerprint density at radius 3 is 1.81 bits per heavy atom. The third kappa shape index (κ3) is 3.99. The van der Waals surface area contributed by atoms with Gasteiger partial charge in [-0.2, -0.15) is 0 Å². The van der Waals surface area contributed by atoms with Gasteiger partial charge in [0.25, 0.3) is 0 Å². The van der Waals surface area contributed by atoms with Gasteiger partial charge in [0.05, 0.1) is 0 Å². The number of aromatic nitrogens is 3. The molecule has 3 nitrogen and oxygen atoms in total. The maximum atomic E-state index is 5.05. The van der Waals surface area contributed by atoms with Crippen molar-refractivity contribution >= 4 is 63.8 Å². The van der Waals surface area contributed by atoms with E-state index in [1.165, 1.54) is 47.1 Å². The van der Waals surface area contributed by atoms with E-state index in [9.17, 15) is 0 Å². The highest BCUT2D eigenvalue weighted by atomic mass is 32.1. The number of fused-ring (bicyclic) bond motifs is 8. The van der Waals surface area contributed by atoms with Crippen molar-refractivity contribution in [2.45, 2.75) is 0 Å². The summed E-state index contributed by atoms with van der Waals surface area (Å²) in [4.78, 5) is 15.0. The molecule has 200 valence electrons. The molecule has 0 radical (unpaired) electrons. The van der Waals surface area contributed by atoms with Gasteiger partial charge < -0.3 is 0 Å².